The maximum Gasteiger partial charge on any atom is 0.573 e. The normalized spacial score (nSPS) is 12.3. The van der Waals surface area contributed by atoms with Gasteiger partial charge < -0.3 is 25.0 Å². The van der Waals surface area contributed by atoms with E-state index in [9.17, 15) is 22.2 Å². The number of benzene rings is 2. The van der Waals surface area contributed by atoms with Crippen molar-refractivity contribution in [3.05, 3.63) is 70.9 Å². The van der Waals surface area contributed by atoms with Crippen LogP contribution in [0.25, 0.3) is 0 Å². The van der Waals surface area contributed by atoms with Crippen LogP contribution in [0.3, 0.4) is 0 Å². The van der Waals surface area contributed by atoms with Crippen molar-refractivity contribution in [2.75, 3.05) is 25.5 Å². The molecule has 2 aromatic carbocycles. The molecule has 0 aliphatic carbocycles. The quantitative estimate of drug-likeness (QED) is 0.331. The van der Waals surface area contributed by atoms with Crippen LogP contribution in [0.4, 0.5) is 19.0 Å². The number of amides is 1. The molecular weight excluding hydrogens is 497 g/mol. The Labute approximate surface area is 209 Å². The van der Waals surface area contributed by atoms with Gasteiger partial charge >= 0.3 is 6.36 Å². The minimum atomic E-state index is -4.85. The molecule has 3 rings (SSSR count). The molecule has 1 heterocycles. The van der Waals surface area contributed by atoms with Gasteiger partial charge in [0.25, 0.3) is 5.91 Å². The number of carbonyl (C=O) groups is 1. The fourth-order valence-corrected chi connectivity index (χ4v) is 4.65. The lowest BCUT2D eigenvalue weighted by Crippen LogP contribution is -2.28. The van der Waals surface area contributed by atoms with Gasteiger partial charge in [-0.1, -0.05) is 42.0 Å². The average molecular weight is 525 g/mol. The lowest BCUT2D eigenvalue weighted by atomic mass is 10.1. The van der Waals surface area contributed by atoms with E-state index in [0.29, 0.717) is 12.0 Å². The van der Waals surface area contributed by atoms with Gasteiger partial charge in [-0.2, -0.15) is 0 Å². The number of aromatic nitrogens is 2. The second kappa shape index (κ2) is 12.0. The minimum Gasteiger partial charge on any atom is -0.406 e. The van der Waals surface area contributed by atoms with Crippen molar-refractivity contribution < 1.29 is 32.0 Å². The van der Waals surface area contributed by atoms with Gasteiger partial charge in [-0.05, 0) is 36.6 Å². The number of aliphatic hydroxyl groups excluding tert-OH is 1. The van der Waals surface area contributed by atoms with Crippen molar-refractivity contribution in [2.24, 2.45) is 0 Å². The van der Waals surface area contributed by atoms with Crippen molar-refractivity contribution in [1.29, 1.82) is 0 Å². The van der Waals surface area contributed by atoms with E-state index in [2.05, 4.69) is 20.4 Å². The Balaban J connectivity index is 1.97. The lowest BCUT2D eigenvalue weighted by molar-refractivity contribution is -0.274. The molecule has 0 bridgehead atoms. The second-order valence-corrected chi connectivity index (χ2v) is 9.28. The van der Waals surface area contributed by atoms with Gasteiger partial charge in [0.1, 0.15) is 5.75 Å². The topological polar surface area (TPSA) is 105 Å². The molecule has 8 nitrogen and oxygen atoms in total. The largest absolute Gasteiger partial charge is 0.573 e. The molecule has 12 heteroatoms. The summed E-state index contributed by atoms with van der Waals surface area (Å²) in [5, 5.41) is 14.7. The van der Waals surface area contributed by atoms with E-state index < -0.39 is 28.8 Å². The summed E-state index contributed by atoms with van der Waals surface area (Å²) in [6.07, 6.45) is -4.48. The minimum absolute atomic E-state index is 0.0891. The number of aryl methyl sites for hydroxylation is 1. The Morgan fingerprint density at radius 3 is 2.53 bits per heavy atom. The molecule has 0 saturated carbocycles. The van der Waals surface area contributed by atoms with Crippen LogP contribution < -0.4 is 15.4 Å². The fourth-order valence-electron chi connectivity index (χ4n) is 3.45. The predicted octanol–water partition coefficient (Wildman–Crippen LogP) is 3.60. The molecule has 0 fully saturated rings. The number of nitrogens with one attached hydrogen (secondary N) is 2. The number of rotatable bonds is 11. The van der Waals surface area contributed by atoms with Crippen LogP contribution in [0, 0.1) is 6.92 Å². The lowest BCUT2D eigenvalue weighted by Gasteiger charge is -2.13. The summed E-state index contributed by atoms with van der Waals surface area (Å²) in [5.41, 5.74) is 2.39. The summed E-state index contributed by atoms with van der Waals surface area (Å²) in [6, 6.07) is 12.8. The van der Waals surface area contributed by atoms with Gasteiger partial charge in [0.05, 0.1) is 23.1 Å². The number of nitrogens with zero attached hydrogens (tertiary/aromatic N) is 2. The number of hydrogen-bond acceptors (Lipinski definition) is 6. The number of imidazole rings is 1. The van der Waals surface area contributed by atoms with E-state index in [1.807, 2.05) is 31.2 Å². The second-order valence-electron chi connectivity index (χ2n) is 7.93. The van der Waals surface area contributed by atoms with Crippen molar-refractivity contribution in [3.63, 3.8) is 0 Å². The standard InChI is InChI=1S/C24H27F3N4O4S/c1-16-7-9-17(10-8-16)14-31-20(22(33)29-11-4-12-32)21(28-2)30-23(31)36(34)15-18-5-3-6-19(13-18)35-24(25,26)27/h3,5-10,13,28,32H,4,11-12,14-15H2,1-2H3,(H,29,33). The van der Waals surface area contributed by atoms with Crippen LogP contribution >= 0.6 is 0 Å². The highest BCUT2D eigenvalue weighted by Gasteiger charge is 2.31. The molecule has 194 valence electrons. The summed E-state index contributed by atoms with van der Waals surface area (Å²) in [4.78, 5) is 17.4. The Morgan fingerprint density at radius 2 is 1.89 bits per heavy atom. The highest BCUT2D eigenvalue weighted by molar-refractivity contribution is 7.84. The molecule has 3 N–H and O–H groups in total. The maximum atomic E-state index is 13.4. The Morgan fingerprint density at radius 1 is 1.17 bits per heavy atom. The van der Waals surface area contributed by atoms with Crippen molar-refractivity contribution in [1.82, 2.24) is 14.9 Å². The first-order valence-electron chi connectivity index (χ1n) is 11.1. The van der Waals surface area contributed by atoms with E-state index in [1.165, 1.54) is 22.8 Å². The van der Waals surface area contributed by atoms with Crippen LogP contribution in [-0.4, -0.2) is 51.3 Å². The summed E-state index contributed by atoms with van der Waals surface area (Å²) in [6.45, 7) is 2.28. The molecule has 1 aromatic heterocycles. The summed E-state index contributed by atoms with van der Waals surface area (Å²) in [5.74, 6) is -0.813. The average Bonchev–Trinajstić information content (AvgIpc) is 3.18. The highest BCUT2D eigenvalue weighted by atomic mass is 32.2. The summed E-state index contributed by atoms with van der Waals surface area (Å²) < 4.78 is 56.7. The first kappa shape index (κ1) is 27.2. The van der Waals surface area contributed by atoms with E-state index in [4.69, 9.17) is 5.11 Å². The van der Waals surface area contributed by atoms with E-state index in [-0.39, 0.29) is 42.1 Å². The van der Waals surface area contributed by atoms with Crippen LogP contribution in [0.1, 0.15) is 33.6 Å². The fraction of sp³-hybridized carbons (Fsp3) is 0.333. The monoisotopic (exact) mass is 524 g/mol. The maximum absolute atomic E-state index is 13.4. The summed E-state index contributed by atoms with van der Waals surface area (Å²) in [7, 11) is -0.238. The Bertz CT molecular complexity index is 1210. The number of aliphatic hydroxyl groups is 1. The van der Waals surface area contributed by atoms with Gasteiger partial charge in [-0.3, -0.25) is 9.00 Å². The first-order chi connectivity index (χ1) is 17.1. The van der Waals surface area contributed by atoms with Crippen LogP contribution in [-0.2, 0) is 23.1 Å². The number of hydrogen-bond donors (Lipinski definition) is 3. The van der Waals surface area contributed by atoms with E-state index in [1.54, 1.807) is 7.05 Å². The molecule has 3 aromatic rings. The third-order valence-corrected chi connectivity index (χ3v) is 6.41. The zero-order valence-electron chi connectivity index (χ0n) is 19.8. The smallest absolute Gasteiger partial charge is 0.406 e. The number of ether oxygens (including phenoxy) is 1. The molecule has 0 aliphatic heterocycles. The molecule has 36 heavy (non-hydrogen) atoms. The zero-order chi connectivity index (χ0) is 26.3. The number of halogens is 3. The molecule has 0 spiro atoms. The van der Waals surface area contributed by atoms with Crippen molar-refractivity contribution in [3.8, 4) is 5.75 Å². The number of alkyl halides is 3. The number of carbonyl (C=O) groups excluding carboxylic acids is 1. The van der Waals surface area contributed by atoms with Crippen LogP contribution in [0.2, 0.25) is 0 Å². The van der Waals surface area contributed by atoms with Gasteiger partial charge in [0, 0.05) is 20.2 Å². The van der Waals surface area contributed by atoms with Crippen LogP contribution in [0.5, 0.6) is 5.75 Å². The Hall–Kier alpha value is -3.38. The van der Waals surface area contributed by atoms with Gasteiger partial charge in [-0.15, -0.1) is 13.2 Å². The zero-order valence-corrected chi connectivity index (χ0v) is 20.6. The van der Waals surface area contributed by atoms with E-state index in [0.717, 1.165) is 17.2 Å². The number of anilines is 1. The third-order valence-electron chi connectivity index (χ3n) is 5.10. The van der Waals surface area contributed by atoms with Gasteiger partial charge in [0.15, 0.2) is 11.5 Å². The predicted molar refractivity (Wildman–Crippen MR) is 129 cm³/mol. The van der Waals surface area contributed by atoms with Crippen molar-refractivity contribution >= 4 is 22.5 Å². The molecule has 1 atom stereocenters. The molecule has 0 saturated heterocycles. The van der Waals surface area contributed by atoms with Crippen molar-refractivity contribution in [2.45, 2.75) is 37.2 Å². The Kier molecular flexibility index (Phi) is 9.10. The molecule has 0 aliphatic rings. The van der Waals surface area contributed by atoms with Crippen LogP contribution in [0.15, 0.2) is 53.7 Å². The van der Waals surface area contributed by atoms with Gasteiger partial charge in [0.2, 0.25) is 5.16 Å². The molecule has 0 radical (unpaired) electrons. The van der Waals surface area contributed by atoms with E-state index >= 15 is 0 Å². The third kappa shape index (κ3) is 7.31. The molecular formula is C24H27F3N4O4S. The first-order valence-corrected chi connectivity index (χ1v) is 12.4. The van der Waals surface area contributed by atoms with Gasteiger partial charge in [-0.25, -0.2) is 4.98 Å². The summed E-state index contributed by atoms with van der Waals surface area (Å²) >= 11 is 0. The SMILES string of the molecule is CNc1nc(S(=O)Cc2cccc(OC(F)(F)F)c2)n(Cc2ccc(C)cc2)c1C(=O)NCCCO. The molecule has 1 unspecified atom stereocenters. The highest BCUT2D eigenvalue weighted by Crippen LogP contribution is 2.26. The molecule has 1 amide bonds.